The maximum atomic E-state index is 11.0. The molecule has 6 nitrogen and oxygen atoms in total. The van der Waals surface area contributed by atoms with Crippen LogP contribution in [0, 0.1) is 20.8 Å². The van der Waals surface area contributed by atoms with Gasteiger partial charge in [-0.2, -0.15) is 13.5 Å². The standard InChI is InChI=1S/C15H16N2O4S/c1-9-8-14(18)10(2)11(3)15(9)17-16-12-4-6-13(7-5-12)22(19,20)21/h4-8,18H,1-3H3,(H,19,20,21). The summed E-state index contributed by atoms with van der Waals surface area (Å²) >= 11 is 0. The number of aromatic hydroxyl groups is 1. The Hall–Kier alpha value is -2.25. The molecule has 7 heteroatoms. The van der Waals surface area contributed by atoms with Crippen LogP contribution in [0.25, 0.3) is 0 Å². The molecule has 0 radical (unpaired) electrons. The summed E-state index contributed by atoms with van der Waals surface area (Å²) in [7, 11) is -4.21. The van der Waals surface area contributed by atoms with Gasteiger partial charge in [-0.25, -0.2) is 0 Å². The molecule has 0 aliphatic rings. The molecule has 0 aliphatic heterocycles. The average molecular weight is 320 g/mol. The topological polar surface area (TPSA) is 99.3 Å². The Morgan fingerprint density at radius 1 is 0.955 bits per heavy atom. The summed E-state index contributed by atoms with van der Waals surface area (Å²) in [4.78, 5) is -0.195. The predicted molar refractivity (Wildman–Crippen MR) is 82.8 cm³/mol. The number of azo groups is 1. The number of aryl methyl sites for hydroxylation is 1. The van der Waals surface area contributed by atoms with Crippen molar-refractivity contribution in [1.29, 1.82) is 0 Å². The van der Waals surface area contributed by atoms with Crippen molar-refractivity contribution in [3.05, 3.63) is 47.0 Å². The lowest BCUT2D eigenvalue weighted by Crippen LogP contribution is -1.96. The lowest BCUT2D eigenvalue weighted by molar-refractivity contribution is 0.470. The third kappa shape index (κ3) is 3.32. The minimum Gasteiger partial charge on any atom is -0.508 e. The van der Waals surface area contributed by atoms with Gasteiger partial charge in [0, 0.05) is 0 Å². The van der Waals surface area contributed by atoms with Crippen LogP contribution in [0.2, 0.25) is 0 Å². The molecule has 0 bridgehead atoms. The predicted octanol–water partition coefficient (Wildman–Crippen LogP) is 3.98. The molecular weight excluding hydrogens is 304 g/mol. The first-order chi connectivity index (χ1) is 10.2. The second-order valence-electron chi connectivity index (χ2n) is 4.98. The van der Waals surface area contributed by atoms with Crippen LogP contribution in [0.3, 0.4) is 0 Å². The van der Waals surface area contributed by atoms with Crippen LogP contribution >= 0.6 is 0 Å². The normalized spacial score (nSPS) is 12.0. The van der Waals surface area contributed by atoms with Gasteiger partial charge >= 0.3 is 0 Å². The first-order valence-electron chi connectivity index (χ1n) is 6.49. The highest BCUT2D eigenvalue weighted by molar-refractivity contribution is 7.85. The Kier molecular flexibility index (Phi) is 4.30. The summed E-state index contributed by atoms with van der Waals surface area (Å²) in [5, 5.41) is 18.0. The molecule has 0 fully saturated rings. The molecule has 0 unspecified atom stereocenters. The Morgan fingerprint density at radius 3 is 2.09 bits per heavy atom. The van der Waals surface area contributed by atoms with Crippen molar-refractivity contribution in [3.8, 4) is 5.75 Å². The summed E-state index contributed by atoms with van der Waals surface area (Å²) in [6, 6.07) is 7.03. The zero-order valence-corrected chi connectivity index (χ0v) is 13.2. The van der Waals surface area contributed by atoms with Gasteiger partial charge in [-0.15, -0.1) is 5.11 Å². The Bertz CT molecular complexity index is 841. The van der Waals surface area contributed by atoms with Gasteiger partial charge in [0.1, 0.15) is 5.75 Å². The second-order valence-corrected chi connectivity index (χ2v) is 6.40. The molecule has 116 valence electrons. The first-order valence-corrected chi connectivity index (χ1v) is 7.93. The molecule has 0 heterocycles. The van der Waals surface area contributed by atoms with E-state index in [1.807, 2.05) is 13.8 Å². The van der Waals surface area contributed by atoms with Crippen molar-refractivity contribution in [2.45, 2.75) is 25.7 Å². The Morgan fingerprint density at radius 2 is 1.55 bits per heavy atom. The number of phenolic OH excluding ortho intramolecular Hbond substituents is 1. The molecule has 0 spiro atoms. The van der Waals surface area contributed by atoms with Crippen molar-refractivity contribution < 1.29 is 18.1 Å². The van der Waals surface area contributed by atoms with Gasteiger partial charge in [0.2, 0.25) is 0 Å². The highest BCUT2D eigenvalue weighted by atomic mass is 32.2. The molecule has 2 N–H and O–H groups in total. The molecule has 2 aromatic carbocycles. The van der Waals surface area contributed by atoms with Crippen LogP contribution in [0.1, 0.15) is 16.7 Å². The number of phenols is 1. The van der Waals surface area contributed by atoms with E-state index in [1.54, 1.807) is 13.0 Å². The molecule has 2 aromatic rings. The smallest absolute Gasteiger partial charge is 0.294 e. The summed E-state index contributed by atoms with van der Waals surface area (Å²) in [6.07, 6.45) is 0. The van der Waals surface area contributed by atoms with Gasteiger partial charge in [0.25, 0.3) is 10.1 Å². The van der Waals surface area contributed by atoms with Crippen LogP contribution in [0.4, 0.5) is 11.4 Å². The van der Waals surface area contributed by atoms with E-state index in [0.717, 1.165) is 16.7 Å². The maximum absolute atomic E-state index is 11.0. The molecule has 0 saturated heterocycles. The zero-order valence-electron chi connectivity index (χ0n) is 12.4. The van der Waals surface area contributed by atoms with Gasteiger partial charge < -0.3 is 5.11 Å². The van der Waals surface area contributed by atoms with E-state index < -0.39 is 10.1 Å². The summed E-state index contributed by atoms with van der Waals surface area (Å²) < 4.78 is 30.8. The first kappa shape index (κ1) is 16.1. The molecule has 0 atom stereocenters. The highest BCUT2D eigenvalue weighted by Crippen LogP contribution is 2.33. The highest BCUT2D eigenvalue weighted by Gasteiger charge is 2.10. The molecule has 0 saturated carbocycles. The lowest BCUT2D eigenvalue weighted by atomic mass is 10.0. The molecule has 22 heavy (non-hydrogen) atoms. The number of hydrogen-bond donors (Lipinski definition) is 2. The maximum Gasteiger partial charge on any atom is 0.294 e. The van der Waals surface area contributed by atoms with Crippen LogP contribution < -0.4 is 0 Å². The molecular formula is C15H16N2O4S. The van der Waals surface area contributed by atoms with Crippen molar-refractivity contribution >= 4 is 21.5 Å². The third-order valence-corrected chi connectivity index (χ3v) is 4.30. The summed E-state index contributed by atoms with van der Waals surface area (Å²) in [5.41, 5.74) is 3.47. The van der Waals surface area contributed by atoms with Crippen molar-refractivity contribution in [3.63, 3.8) is 0 Å². The van der Waals surface area contributed by atoms with E-state index in [4.69, 9.17) is 4.55 Å². The van der Waals surface area contributed by atoms with E-state index in [0.29, 0.717) is 11.4 Å². The number of benzene rings is 2. The van der Waals surface area contributed by atoms with Crippen molar-refractivity contribution in [2.75, 3.05) is 0 Å². The number of hydrogen-bond acceptors (Lipinski definition) is 5. The molecule has 0 aromatic heterocycles. The van der Waals surface area contributed by atoms with Gasteiger partial charge in [-0.1, -0.05) is 0 Å². The molecule has 0 aliphatic carbocycles. The number of rotatable bonds is 3. The van der Waals surface area contributed by atoms with Crippen LogP contribution in [0.5, 0.6) is 5.75 Å². The lowest BCUT2D eigenvalue weighted by Gasteiger charge is -2.09. The van der Waals surface area contributed by atoms with Crippen LogP contribution in [-0.2, 0) is 10.1 Å². The Labute approximate surface area is 128 Å². The van der Waals surface area contributed by atoms with Gasteiger partial charge in [0.05, 0.1) is 16.3 Å². The fourth-order valence-electron chi connectivity index (χ4n) is 1.99. The molecule has 0 amide bonds. The van der Waals surface area contributed by atoms with Gasteiger partial charge in [-0.3, -0.25) is 4.55 Å². The molecule has 2 rings (SSSR count). The SMILES string of the molecule is Cc1cc(O)c(C)c(C)c1N=Nc1ccc(S(=O)(=O)O)cc1. The monoisotopic (exact) mass is 320 g/mol. The average Bonchev–Trinajstić information content (AvgIpc) is 2.44. The Balaban J connectivity index is 2.36. The minimum atomic E-state index is -4.21. The van der Waals surface area contributed by atoms with E-state index in [1.165, 1.54) is 24.3 Å². The van der Waals surface area contributed by atoms with E-state index >= 15 is 0 Å². The van der Waals surface area contributed by atoms with E-state index in [2.05, 4.69) is 10.2 Å². The van der Waals surface area contributed by atoms with E-state index in [9.17, 15) is 13.5 Å². The van der Waals surface area contributed by atoms with Gasteiger partial charge in [0.15, 0.2) is 0 Å². The second kappa shape index (κ2) is 5.86. The summed E-state index contributed by atoms with van der Waals surface area (Å²) in [5.74, 6) is 0.214. The third-order valence-electron chi connectivity index (χ3n) is 3.43. The van der Waals surface area contributed by atoms with Gasteiger partial charge in [-0.05, 0) is 67.8 Å². The van der Waals surface area contributed by atoms with Crippen molar-refractivity contribution in [1.82, 2.24) is 0 Å². The fraction of sp³-hybridized carbons (Fsp3) is 0.200. The van der Waals surface area contributed by atoms with Crippen molar-refractivity contribution in [2.24, 2.45) is 10.2 Å². The number of nitrogens with zero attached hydrogens (tertiary/aromatic N) is 2. The van der Waals surface area contributed by atoms with Crippen LogP contribution in [-0.4, -0.2) is 18.1 Å². The summed E-state index contributed by atoms with van der Waals surface area (Å²) in [6.45, 7) is 5.46. The fourth-order valence-corrected chi connectivity index (χ4v) is 2.47. The van der Waals surface area contributed by atoms with Crippen LogP contribution in [0.15, 0.2) is 45.5 Å². The van der Waals surface area contributed by atoms with E-state index in [-0.39, 0.29) is 10.6 Å². The zero-order chi connectivity index (χ0) is 16.5. The minimum absolute atomic E-state index is 0.195. The quantitative estimate of drug-likeness (QED) is 0.660. The largest absolute Gasteiger partial charge is 0.508 e.